The molecule has 0 bridgehead atoms. The number of nitrogens with zero attached hydrogens (tertiary/aromatic N) is 1. The van der Waals surface area contributed by atoms with Gasteiger partial charge in [-0.25, -0.2) is 0 Å². The highest BCUT2D eigenvalue weighted by molar-refractivity contribution is 5.78. The summed E-state index contributed by atoms with van der Waals surface area (Å²) in [5.74, 6) is 0.773. The lowest BCUT2D eigenvalue weighted by Crippen LogP contribution is -2.40. The van der Waals surface area contributed by atoms with Crippen molar-refractivity contribution in [3.63, 3.8) is 0 Å². The van der Waals surface area contributed by atoms with Gasteiger partial charge in [0.25, 0.3) is 0 Å². The number of hydrogen-bond donors (Lipinski definition) is 2. The molecule has 1 aromatic rings. The fourth-order valence-corrected chi connectivity index (χ4v) is 2.12. The van der Waals surface area contributed by atoms with Crippen molar-refractivity contribution in [3.8, 4) is 5.75 Å². The zero-order valence-electron chi connectivity index (χ0n) is 12.7. The van der Waals surface area contributed by atoms with Crippen LogP contribution in [0.15, 0.2) is 24.3 Å². The molecule has 5 heteroatoms. The van der Waals surface area contributed by atoms with Crippen LogP contribution >= 0.6 is 0 Å². The van der Waals surface area contributed by atoms with Crippen LogP contribution in [0.4, 0.5) is 0 Å². The van der Waals surface area contributed by atoms with E-state index >= 15 is 0 Å². The molecule has 2 rings (SSSR count). The minimum Gasteiger partial charge on any atom is -0.491 e. The molecule has 0 unspecified atom stereocenters. The van der Waals surface area contributed by atoms with Crippen molar-refractivity contribution >= 4 is 5.91 Å². The number of carbonyl (C=O) groups is 1. The van der Waals surface area contributed by atoms with E-state index in [0.29, 0.717) is 19.1 Å². The average Bonchev–Trinajstić information content (AvgIpc) is 3.20. The second kappa shape index (κ2) is 7.43. The van der Waals surface area contributed by atoms with Crippen LogP contribution in [-0.2, 0) is 4.79 Å². The predicted octanol–water partition coefficient (Wildman–Crippen LogP) is 0.945. The molecule has 1 aliphatic rings. The summed E-state index contributed by atoms with van der Waals surface area (Å²) < 4.78 is 5.55. The quantitative estimate of drug-likeness (QED) is 0.749. The smallest absolute Gasteiger partial charge is 0.234 e. The molecule has 21 heavy (non-hydrogen) atoms. The molecule has 0 aliphatic heterocycles. The van der Waals surface area contributed by atoms with Crippen molar-refractivity contribution in [2.75, 3.05) is 26.7 Å². The lowest BCUT2D eigenvalue weighted by Gasteiger charge is -2.20. The number of amides is 1. The summed E-state index contributed by atoms with van der Waals surface area (Å²) in [6, 6.07) is 8.09. The van der Waals surface area contributed by atoms with E-state index in [1.54, 1.807) is 0 Å². The van der Waals surface area contributed by atoms with Gasteiger partial charge < -0.3 is 15.2 Å². The largest absolute Gasteiger partial charge is 0.491 e. The number of rotatable bonds is 8. The van der Waals surface area contributed by atoms with Gasteiger partial charge in [0.15, 0.2) is 0 Å². The second-order valence-corrected chi connectivity index (χ2v) is 5.82. The Morgan fingerprint density at radius 1 is 1.52 bits per heavy atom. The van der Waals surface area contributed by atoms with Gasteiger partial charge in [-0.05, 0) is 44.5 Å². The monoisotopic (exact) mass is 292 g/mol. The first-order valence-corrected chi connectivity index (χ1v) is 7.38. The molecule has 0 saturated heterocycles. The van der Waals surface area contributed by atoms with E-state index in [2.05, 4.69) is 5.32 Å². The molecule has 0 aromatic heterocycles. The van der Waals surface area contributed by atoms with Crippen molar-refractivity contribution in [1.82, 2.24) is 10.2 Å². The Morgan fingerprint density at radius 2 is 2.29 bits per heavy atom. The van der Waals surface area contributed by atoms with Crippen LogP contribution in [0.5, 0.6) is 5.75 Å². The first kappa shape index (κ1) is 15.8. The van der Waals surface area contributed by atoms with Crippen molar-refractivity contribution in [3.05, 3.63) is 29.8 Å². The number of ether oxygens (including phenoxy) is 1. The SMILES string of the molecule is Cc1cccc(OC[C@@H](O)CN(C)CC(=O)NC2CC2)c1. The van der Waals surface area contributed by atoms with E-state index < -0.39 is 6.10 Å². The van der Waals surface area contributed by atoms with Gasteiger partial charge in [-0.2, -0.15) is 0 Å². The number of benzene rings is 1. The van der Waals surface area contributed by atoms with Gasteiger partial charge in [-0.3, -0.25) is 9.69 Å². The average molecular weight is 292 g/mol. The highest BCUT2D eigenvalue weighted by Gasteiger charge is 2.23. The molecule has 5 nitrogen and oxygen atoms in total. The van der Waals surface area contributed by atoms with Crippen LogP contribution in [0.2, 0.25) is 0 Å². The summed E-state index contributed by atoms with van der Waals surface area (Å²) in [6.45, 7) is 2.93. The molecule has 1 amide bonds. The minimum atomic E-state index is -0.621. The van der Waals surface area contributed by atoms with Crippen LogP contribution in [-0.4, -0.2) is 54.8 Å². The van der Waals surface area contributed by atoms with Crippen LogP contribution in [0.1, 0.15) is 18.4 Å². The van der Waals surface area contributed by atoms with Gasteiger partial charge in [0.2, 0.25) is 5.91 Å². The molecule has 1 atom stereocenters. The first-order chi connectivity index (χ1) is 10.0. The molecule has 1 aromatic carbocycles. The Bertz CT molecular complexity index is 474. The van der Waals surface area contributed by atoms with Gasteiger partial charge in [-0.15, -0.1) is 0 Å². The fraction of sp³-hybridized carbons (Fsp3) is 0.562. The maximum atomic E-state index is 11.6. The third-order valence-electron chi connectivity index (χ3n) is 3.31. The standard InChI is InChI=1S/C16H24N2O3/c1-12-4-3-5-15(8-12)21-11-14(19)9-18(2)10-16(20)17-13-6-7-13/h3-5,8,13-14,19H,6-7,9-11H2,1-2H3,(H,17,20)/t14-/m0/s1. The molecule has 1 fully saturated rings. The van der Waals surface area contributed by atoms with Crippen LogP contribution < -0.4 is 10.1 Å². The zero-order valence-corrected chi connectivity index (χ0v) is 12.7. The Balaban J connectivity index is 1.65. The highest BCUT2D eigenvalue weighted by atomic mass is 16.5. The van der Waals surface area contributed by atoms with Crippen LogP contribution in [0, 0.1) is 6.92 Å². The normalized spacial score (nSPS) is 15.8. The van der Waals surface area contributed by atoms with E-state index in [9.17, 15) is 9.90 Å². The minimum absolute atomic E-state index is 0.0202. The summed E-state index contributed by atoms with van der Waals surface area (Å²) >= 11 is 0. The van der Waals surface area contributed by atoms with Gasteiger partial charge >= 0.3 is 0 Å². The van der Waals surface area contributed by atoms with E-state index in [0.717, 1.165) is 24.2 Å². The second-order valence-electron chi connectivity index (χ2n) is 5.82. The Labute approximate surface area is 125 Å². The number of likely N-dealkylation sites (N-methyl/N-ethyl adjacent to an activating group) is 1. The number of carbonyl (C=O) groups excluding carboxylic acids is 1. The molecule has 0 spiro atoms. The van der Waals surface area contributed by atoms with E-state index in [1.807, 2.05) is 43.1 Å². The number of aliphatic hydroxyl groups is 1. The van der Waals surface area contributed by atoms with Crippen molar-refractivity contribution in [2.45, 2.75) is 31.9 Å². The third-order valence-corrected chi connectivity index (χ3v) is 3.31. The molecule has 2 N–H and O–H groups in total. The van der Waals surface area contributed by atoms with Crippen LogP contribution in [0.25, 0.3) is 0 Å². The summed E-state index contributed by atoms with van der Waals surface area (Å²) in [4.78, 5) is 13.4. The fourth-order valence-electron chi connectivity index (χ4n) is 2.12. The topological polar surface area (TPSA) is 61.8 Å². The Kier molecular flexibility index (Phi) is 5.59. The van der Waals surface area contributed by atoms with Crippen molar-refractivity contribution in [1.29, 1.82) is 0 Å². The van der Waals surface area contributed by atoms with Gasteiger partial charge in [-0.1, -0.05) is 12.1 Å². The lowest BCUT2D eigenvalue weighted by atomic mass is 10.2. The first-order valence-electron chi connectivity index (χ1n) is 7.38. The molecule has 116 valence electrons. The maximum absolute atomic E-state index is 11.6. The lowest BCUT2D eigenvalue weighted by molar-refractivity contribution is -0.122. The van der Waals surface area contributed by atoms with E-state index in [4.69, 9.17) is 4.74 Å². The molecular weight excluding hydrogens is 268 g/mol. The van der Waals surface area contributed by atoms with Gasteiger partial charge in [0.1, 0.15) is 18.5 Å². The molecule has 1 aliphatic carbocycles. The van der Waals surface area contributed by atoms with Gasteiger partial charge in [0, 0.05) is 12.6 Å². The Hall–Kier alpha value is -1.59. The summed E-state index contributed by atoms with van der Waals surface area (Å²) in [5.41, 5.74) is 1.12. The summed E-state index contributed by atoms with van der Waals surface area (Å²) in [6.07, 6.45) is 1.55. The Morgan fingerprint density at radius 3 is 2.95 bits per heavy atom. The van der Waals surface area contributed by atoms with Gasteiger partial charge in [0.05, 0.1) is 6.54 Å². The third kappa shape index (κ3) is 6.14. The summed E-state index contributed by atoms with van der Waals surface area (Å²) in [7, 11) is 1.82. The molecular formula is C16H24N2O3. The predicted molar refractivity (Wildman–Crippen MR) is 81.3 cm³/mol. The van der Waals surface area contributed by atoms with Crippen molar-refractivity contribution < 1.29 is 14.6 Å². The van der Waals surface area contributed by atoms with Crippen LogP contribution in [0.3, 0.4) is 0 Å². The van der Waals surface area contributed by atoms with E-state index in [-0.39, 0.29) is 12.5 Å². The molecule has 0 radical (unpaired) electrons. The van der Waals surface area contributed by atoms with Crippen molar-refractivity contribution in [2.24, 2.45) is 0 Å². The summed E-state index contributed by atoms with van der Waals surface area (Å²) in [5, 5.41) is 12.9. The molecule has 1 saturated carbocycles. The number of nitrogens with one attached hydrogen (secondary N) is 1. The number of aliphatic hydroxyl groups excluding tert-OH is 1. The number of hydrogen-bond acceptors (Lipinski definition) is 4. The maximum Gasteiger partial charge on any atom is 0.234 e. The molecule has 0 heterocycles. The number of aryl methyl sites for hydroxylation is 1. The zero-order chi connectivity index (χ0) is 15.2. The highest BCUT2D eigenvalue weighted by Crippen LogP contribution is 2.18. The van der Waals surface area contributed by atoms with E-state index in [1.165, 1.54) is 0 Å².